The summed E-state index contributed by atoms with van der Waals surface area (Å²) in [7, 11) is 0. The summed E-state index contributed by atoms with van der Waals surface area (Å²) in [6, 6.07) is 4.65. The van der Waals surface area contributed by atoms with Crippen LogP contribution in [0.25, 0.3) is 0 Å². The van der Waals surface area contributed by atoms with Crippen LogP contribution in [-0.2, 0) is 0 Å². The van der Waals surface area contributed by atoms with Crippen LogP contribution in [0.4, 0.5) is 0 Å². The summed E-state index contributed by atoms with van der Waals surface area (Å²) >= 11 is 0. The zero-order chi connectivity index (χ0) is 11.7. The lowest BCUT2D eigenvalue weighted by Crippen LogP contribution is -2.33. The van der Waals surface area contributed by atoms with Gasteiger partial charge in [0.25, 0.3) is 5.91 Å². The van der Waals surface area contributed by atoms with Crippen LogP contribution in [0, 0.1) is 0 Å². The number of aromatic hydroxyl groups is 2. The van der Waals surface area contributed by atoms with Crippen molar-refractivity contribution < 1.29 is 15.0 Å². The highest BCUT2D eigenvalue weighted by Gasteiger charge is 2.28. The number of nitrogens with zero attached hydrogens (tertiary/aromatic N) is 1. The fourth-order valence-electron chi connectivity index (χ4n) is 2.09. The Bertz CT molecular complexity index is 417. The molecule has 1 atom stereocenters. The molecule has 16 heavy (non-hydrogen) atoms. The molecule has 0 radical (unpaired) electrons. The fourth-order valence-corrected chi connectivity index (χ4v) is 2.09. The predicted octanol–water partition coefficient (Wildman–Crippen LogP) is 1.72. The molecule has 1 heterocycles. The number of rotatable bonds is 1. The molecule has 0 aromatic heterocycles. The lowest BCUT2D eigenvalue weighted by Gasteiger charge is -2.21. The fraction of sp³-hybridized carbons (Fsp3) is 0.417. The highest BCUT2D eigenvalue weighted by atomic mass is 16.3. The molecule has 1 aromatic rings. The third kappa shape index (κ3) is 1.71. The largest absolute Gasteiger partial charge is 0.504 e. The van der Waals surface area contributed by atoms with Gasteiger partial charge in [0, 0.05) is 12.6 Å². The molecule has 1 saturated heterocycles. The van der Waals surface area contributed by atoms with E-state index in [1.54, 1.807) is 11.0 Å². The number of hydrogen-bond donors (Lipinski definition) is 2. The number of amides is 1. The first kappa shape index (κ1) is 10.8. The first-order valence-electron chi connectivity index (χ1n) is 5.43. The minimum atomic E-state index is -0.327. The van der Waals surface area contributed by atoms with Gasteiger partial charge >= 0.3 is 0 Å². The average Bonchev–Trinajstić information content (AvgIpc) is 2.68. The van der Waals surface area contributed by atoms with Crippen LogP contribution in [-0.4, -0.2) is 33.6 Å². The van der Waals surface area contributed by atoms with Crippen LogP contribution >= 0.6 is 0 Å². The molecule has 1 aliphatic rings. The third-order valence-electron chi connectivity index (χ3n) is 3.06. The van der Waals surface area contributed by atoms with E-state index in [0.717, 1.165) is 19.4 Å². The molecule has 1 fully saturated rings. The van der Waals surface area contributed by atoms with Crippen molar-refractivity contribution in [3.8, 4) is 11.5 Å². The maximum atomic E-state index is 12.1. The SMILES string of the molecule is CC1CCCN1C(=O)c1cccc(O)c1O. The number of carbonyl (C=O) groups is 1. The van der Waals surface area contributed by atoms with Crippen LogP contribution < -0.4 is 0 Å². The van der Waals surface area contributed by atoms with E-state index in [-0.39, 0.29) is 29.0 Å². The van der Waals surface area contributed by atoms with E-state index in [4.69, 9.17) is 0 Å². The molecule has 2 N–H and O–H groups in total. The van der Waals surface area contributed by atoms with Crippen molar-refractivity contribution in [2.45, 2.75) is 25.8 Å². The Labute approximate surface area is 94.1 Å². The van der Waals surface area contributed by atoms with Crippen molar-refractivity contribution >= 4 is 5.91 Å². The number of carbonyl (C=O) groups excluding carboxylic acids is 1. The van der Waals surface area contributed by atoms with Crippen molar-refractivity contribution in [3.05, 3.63) is 23.8 Å². The van der Waals surface area contributed by atoms with E-state index in [9.17, 15) is 15.0 Å². The average molecular weight is 221 g/mol. The van der Waals surface area contributed by atoms with Crippen LogP contribution in [0.15, 0.2) is 18.2 Å². The van der Waals surface area contributed by atoms with Crippen molar-refractivity contribution in [1.82, 2.24) is 4.90 Å². The lowest BCUT2D eigenvalue weighted by atomic mass is 10.1. The van der Waals surface area contributed by atoms with Gasteiger partial charge in [0.1, 0.15) is 0 Å². The Hall–Kier alpha value is -1.71. The number of hydrogen-bond acceptors (Lipinski definition) is 3. The van der Waals surface area contributed by atoms with E-state index in [1.165, 1.54) is 12.1 Å². The van der Waals surface area contributed by atoms with Crippen LogP contribution in [0.1, 0.15) is 30.1 Å². The number of phenolic OH excluding ortho intramolecular Hbond substituents is 2. The molecule has 86 valence electrons. The minimum absolute atomic E-state index is 0.175. The molecule has 0 bridgehead atoms. The maximum absolute atomic E-state index is 12.1. The number of para-hydroxylation sites is 1. The highest BCUT2D eigenvalue weighted by molar-refractivity contribution is 5.97. The topological polar surface area (TPSA) is 60.8 Å². The van der Waals surface area contributed by atoms with Gasteiger partial charge in [-0.2, -0.15) is 0 Å². The van der Waals surface area contributed by atoms with Gasteiger partial charge in [-0.05, 0) is 31.9 Å². The standard InChI is InChI=1S/C12H15NO3/c1-8-4-3-7-13(8)12(16)9-5-2-6-10(14)11(9)15/h2,5-6,8,14-15H,3-4,7H2,1H3. The molecular formula is C12H15NO3. The van der Waals surface area contributed by atoms with Crippen LogP contribution in [0.3, 0.4) is 0 Å². The van der Waals surface area contributed by atoms with Gasteiger partial charge in [0.15, 0.2) is 11.5 Å². The molecule has 1 amide bonds. The van der Waals surface area contributed by atoms with Crippen molar-refractivity contribution in [1.29, 1.82) is 0 Å². The zero-order valence-electron chi connectivity index (χ0n) is 9.18. The number of likely N-dealkylation sites (tertiary alicyclic amines) is 1. The summed E-state index contributed by atoms with van der Waals surface area (Å²) in [6.07, 6.45) is 1.98. The lowest BCUT2D eigenvalue weighted by molar-refractivity contribution is 0.0743. The van der Waals surface area contributed by atoms with Crippen LogP contribution in [0.2, 0.25) is 0 Å². The van der Waals surface area contributed by atoms with Gasteiger partial charge < -0.3 is 15.1 Å². The van der Waals surface area contributed by atoms with E-state index in [0.29, 0.717) is 0 Å². The minimum Gasteiger partial charge on any atom is -0.504 e. The van der Waals surface area contributed by atoms with E-state index < -0.39 is 0 Å². The molecule has 2 rings (SSSR count). The highest BCUT2D eigenvalue weighted by Crippen LogP contribution is 2.30. The second-order valence-corrected chi connectivity index (χ2v) is 4.16. The Morgan fingerprint density at radius 1 is 1.44 bits per heavy atom. The first-order valence-corrected chi connectivity index (χ1v) is 5.43. The van der Waals surface area contributed by atoms with Gasteiger partial charge in [-0.1, -0.05) is 6.07 Å². The first-order chi connectivity index (χ1) is 7.61. The quantitative estimate of drug-likeness (QED) is 0.710. The van der Waals surface area contributed by atoms with E-state index in [1.807, 2.05) is 6.92 Å². The van der Waals surface area contributed by atoms with Gasteiger partial charge in [0.2, 0.25) is 0 Å². The zero-order valence-corrected chi connectivity index (χ0v) is 9.18. The Morgan fingerprint density at radius 2 is 2.19 bits per heavy atom. The molecule has 1 aromatic carbocycles. The normalized spacial score (nSPS) is 20.1. The van der Waals surface area contributed by atoms with Crippen molar-refractivity contribution in [3.63, 3.8) is 0 Å². The Kier molecular flexibility index (Phi) is 2.73. The van der Waals surface area contributed by atoms with E-state index in [2.05, 4.69) is 0 Å². The molecule has 1 unspecified atom stereocenters. The molecule has 0 aliphatic carbocycles. The Balaban J connectivity index is 2.30. The van der Waals surface area contributed by atoms with Gasteiger partial charge in [-0.15, -0.1) is 0 Å². The molecule has 0 spiro atoms. The monoisotopic (exact) mass is 221 g/mol. The summed E-state index contributed by atoms with van der Waals surface area (Å²) in [5.74, 6) is -0.789. The third-order valence-corrected chi connectivity index (χ3v) is 3.06. The van der Waals surface area contributed by atoms with E-state index >= 15 is 0 Å². The second kappa shape index (κ2) is 4.04. The summed E-state index contributed by atoms with van der Waals surface area (Å²) in [6.45, 7) is 2.71. The molecule has 4 heteroatoms. The summed E-state index contributed by atoms with van der Waals surface area (Å²) in [5.41, 5.74) is 0.175. The van der Waals surface area contributed by atoms with Crippen LogP contribution in [0.5, 0.6) is 11.5 Å². The van der Waals surface area contributed by atoms with Gasteiger partial charge in [-0.3, -0.25) is 4.79 Å². The molecule has 4 nitrogen and oxygen atoms in total. The number of phenols is 2. The van der Waals surface area contributed by atoms with Crippen molar-refractivity contribution in [2.24, 2.45) is 0 Å². The molecular weight excluding hydrogens is 206 g/mol. The smallest absolute Gasteiger partial charge is 0.257 e. The maximum Gasteiger partial charge on any atom is 0.257 e. The predicted molar refractivity (Wildman–Crippen MR) is 59.5 cm³/mol. The van der Waals surface area contributed by atoms with Gasteiger partial charge in [0.05, 0.1) is 5.56 Å². The molecule has 0 saturated carbocycles. The number of benzene rings is 1. The van der Waals surface area contributed by atoms with Crippen molar-refractivity contribution in [2.75, 3.05) is 6.54 Å². The van der Waals surface area contributed by atoms with Gasteiger partial charge in [-0.25, -0.2) is 0 Å². The second-order valence-electron chi connectivity index (χ2n) is 4.16. The Morgan fingerprint density at radius 3 is 2.81 bits per heavy atom. The molecule has 1 aliphatic heterocycles. The summed E-state index contributed by atoms with van der Waals surface area (Å²) in [4.78, 5) is 13.8. The summed E-state index contributed by atoms with van der Waals surface area (Å²) < 4.78 is 0. The summed E-state index contributed by atoms with van der Waals surface area (Å²) in [5, 5.41) is 19.0.